The van der Waals surface area contributed by atoms with Crippen LogP contribution < -0.4 is 10.6 Å². The van der Waals surface area contributed by atoms with Crippen LogP contribution in [0.2, 0.25) is 0 Å². The second-order valence-electron chi connectivity index (χ2n) is 6.70. The van der Waals surface area contributed by atoms with Gasteiger partial charge in [-0.3, -0.25) is 9.69 Å². The molecule has 0 atom stereocenters. The molecule has 146 valence electrons. The number of hydrogen-bond acceptors (Lipinski definition) is 6. The van der Waals surface area contributed by atoms with Gasteiger partial charge in [-0.05, 0) is 30.5 Å². The summed E-state index contributed by atoms with van der Waals surface area (Å²) in [6, 6.07) is 6.58. The minimum atomic E-state index is -0.676. The summed E-state index contributed by atoms with van der Waals surface area (Å²) in [5.74, 6) is -0.243. The van der Waals surface area contributed by atoms with Crippen molar-refractivity contribution >= 4 is 22.4 Å². The SMILES string of the molecule is COCCNC(=O)C1(Nc2nccs2)CCN(Cc2ccc(F)cc2)CC1. The third kappa shape index (κ3) is 5.24. The van der Waals surface area contributed by atoms with Crippen LogP contribution in [0.3, 0.4) is 0 Å². The Balaban J connectivity index is 1.64. The lowest BCUT2D eigenvalue weighted by Gasteiger charge is -2.41. The highest BCUT2D eigenvalue weighted by Gasteiger charge is 2.41. The molecule has 0 radical (unpaired) electrons. The molecular weight excluding hydrogens is 367 g/mol. The van der Waals surface area contributed by atoms with E-state index in [1.807, 2.05) is 17.5 Å². The van der Waals surface area contributed by atoms with Crippen molar-refractivity contribution in [1.82, 2.24) is 15.2 Å². The van der Waals surface area contributed by atoms with Gasteiger partial charge in [0.15, 0.2) is 5.13 Å². The van der Waals surface area contributed by atoms with Crippen LogP contribution in [-0.4, -0.2) is 54.7 Å². The van der Waals surface area contributed by atoms with Gasteiger partial charge < -0.3 is 15.4 Å². The van der Waals surface area contributed by atoms with Crippen molar-refractivity contribution in [3.63, 3.8) is 0 Å². The maximum absolute atomic E-state index is 13.1. The van der Waals surface area contributed by atoms with Gasteiger partial charge in [-0.25, -0.2) is 9.37 Å². The summed E-state index contributed by atoms with van der Waals surface area (Å²) in [6.07, 6.45) is 3.08. The third-order valence-electron chi connectivity index (χ3n) is 4.83. The molecular formula is C19H25FN4O2S. The van der Waals surface area contributed by atoms with E-state index in [-0.39, 0.29) is 11.7 Å². The number of nitrogens with zero attached hydrogens (tertiary/aromatic N) is 2. The van der Waals surface area contributed by atoms with Gasteiger partial charge in [-0.1, -0.05) is 12.1 Å². The van der Waals surface area contributed by atoms with Crippen molar-refractivity contribution < 1.29 is 13.9 Å². The molecule has 1 aromatic carbocycles. The molecule has 0 bridgehead atoms. The average molecular weight is 393 g/mol. The van der Waals surface area contributed by atoms with Gasteiger partial charge in [-0.15, -0.1) is 11.3 Å². The molecule has 1 aliphatic rings. The summed E-state index contributed by atoms with van der Waals surface area (Å²) in [6.45, 7) is 3.26. The van der Waals surface area contributed by atoms with E-state index in [0.29, 0.717) is 26.0 Å². The Kier molecular flexibility index (Phi) is 6.76. The molecule has 0 unspecified atom stereocenters. The Hall–Kier alpha value is -2.03. The van der Waals surface area contributed by atoms with Crippen LogP contribution in [-0.2, 0) is 16.1 Å². The molecule has 2 aromatic rings. The standard InChI is InChI=1S/C19H25FN4O2S/c1-26-12-8-21-17(25)19(23-18-22-9-13-27-18)6-10-24(11-7-19)14-15-2-4-16(20)5-3-15/h2-5,9,13H,6-8,10-12,14H2,1H3,(H,21,25)(H,22,23). The van der Waals surface area contributed by atoms with E-state index in [1.54, 1.807) is 13.3 Å². The van der Waals surface area contributed by atoms with Crippen LogP contribution in [0, 0.1) is 5.82 Å². The van der Waals surface area contributed by atoms with Gasteiger partial charge >= 0.3 is 0 Å². The Labute approximate surface area is 162 Å². The predicted octanol–water partition coefficient (Wildman–Crippen LogP) is 2.49. The van der Waals surface area contributed by atoms with Crippen LogP contribution in [0.4, 0.5) is 9.52 Å². The summed E-state index contributed by atoms with van der Waals surface area (Å²) in [5.41, 5.74) is 0.395. The van der Waals surface area contributed by atoms with E-state index in [0.717, 1.165) is 30.3 Å². The molecule has 8 heteroatoms. The number of ether oxygens (including phenoxy) is 1. The molecule has 1 saturated heterocycles. The molecule has 1 aromatic heterocycles. The van der Waals surface area contributed by atoms with Gasteiger partial charge in [0.25, 0.3) is 0 Å². The summed E-state index contributed by atoms with van der Waals surface area (Å²) in [5, 5.41) is 8.98. The quantitative estimate of drug-likeness (QED) is 0.676. The zero-order chi connectivity index (χ0) is 19.1. The van der Waals surface area contributed by atoms with Gasteiger partial charge in [-0.2, -0.15) is 0 Å². The van der Waals surface area contributed by atoms with Crippen molar-refractivity contribution in [2.45, 2.75) is 24.9 Å². The fraction of sp³-hybridized carbons (Fsp3) is 0.474. The lowest BCUT2D eigenvalue weighted by Crippen LogP contribution is -2.58. The second-order valence-corrected chi connectivity index (χ2v) is 7.59. The fourth-order valence-corrected chi connectivity index (χ4v) is 3.90. The molecule has 1 aliphatic heterocycles. The molecule has 0 spiro atoms. The minimum Gasteiger partial charge on any atom is -0.383 e. The van der Waals surface area contributed by atoms with Crippen LogP contribution in [0.5, 0.6) is 0 Å². The van der Waals surface area contributed by atoms with Crippen LogP contribution >= 0.6 is 11.3 Å². The lowest BCUT2D eigenvalue weighted by molar-refractivity contribution is -0.127. The van der Waals surface area contributed by atoms with Crippen LogP contribution in [0.15, 0.2) is 35.8 Å². The maximum Gasteiger partial charge on any atom is 0.245 e. The Morgan fingerprint density at radius 2 is 2.07 bits per heavy atom. The van der Waals surface area contributed by atoms with E-state index in [2.05, 4.69) is 20.5 Å². The first-order chi connectivity index (χ1) is 13.1. The average Bonchev–Trinajstić information content (AvgIpc) is 3.18. The fourth-order valence-electron chi connectivity index (χ4n) is 3.28. The molecule has 2 N–H and O–H groups in total. The number of benzene rings is 1. The molecule has 27 heavy (non-hydrogen) atoms. The van der Waals surface area contributed by atoms with Gasteiger partial charge in [0.05, 0.1) is 6.61 Å². The number of carbonyl (C=O) groups is 1. The lowest BCUT2D eigenvalue weighted by atomic mass is 9.86. The summed E-state index contributed by atoms with van der Waals surface area (Å²) >= 11 is 1.49. The molecule has 0 saturated carbocycles. The highest BCUT2D eigenvalue weighted by Crippen LogP contribution is 2.29. The van der Waals surface area contributed by atoms with E-state index in [9.17, 15) is 9.18 Å². The molecule has 0 aliphatic carbocycles. The van der Waals surface area contributed by atoms with Crippen molar-refractivity contribution in [2.24, 2.45) is 0 Å². The zero-order valence-corrected chi connectivity index (χ0v) is 16.2. The first-order valence-electron chi connectivity index (χ1n) is 9.03. The molecule has 6 nitrogen and oxygen atoms in total. The minimum absolute atomic E-state index is 0.0174. The molecule has 1 fully saturated rings. The number of aromatic nitrogens is 1. The number of amides is 1. The van der Waals surface area contributed by atoms with E-state index >= 15 is 0 Å². The van der Waals surface area contributed by atoms with Gasteiger partial charge in [0.1, 0.15) is 11.4 Å². The topological polar surface area (TPSA) is 66.5 Å². The van der Waals surface area contributed by atoms with E-state index in [4.69, 9.17) is 4.74 Å². The number of hydrogen-bond donors (Lipinski definition) is 2. The summed E-state index contributed by atoms with van der Waals surface area (Å²) < 4.78 is 18.1. The monoisotopic (exact) mass is 392 g/mol. The number of thiazole rings is 1. The summed E-state index contributed by atoms with van der Waals surface area (Å²) in [7, 11) is 1.61. The highest BCUT2D eigenvalue weighted by atomic mass is 32.1. The number of halogens is 1. The van der Waals surface area contributed by atoms with Crippen molar-refractivity contribution in [3.8, 4) is 0 Å². The predicted molar refractivity (Wildman–Crippen MR) is 104 cm³/mol. The van der Waals surface area contributed by atoms with E-state index in [1.165, 1.54) is 23.5 Å². The van der Waals surface area contributed by atoms with Gasteiger partial charge in [0.2, 0.25) is 5.91 Å². The Bertz CT molecular complexity index is 716. The second kappa shape index (κ2) is 9.25. The number of carbonyl (C=O) groups excluding carboxylic acids is 1. The van der Waals surface area contributed by atoms with Crippen molar-refractivity contribution in [1.29, 1.82) is 0 Å². The van der Waals surface area contributed by atoms with E-state index < -0.39 is 5.54 Å². The number of piperidine rings is 1. The highest BCUT2D eigenvalue weighted by molar-refractivity contribution is 7.13. The molecule has 1 amide bonds. The first kappa shape index (κ1) is 19.7. The van der Waals surface area contributed by atoms with Crippen LogP contribution in [0.1, 0.15) is 18.4 Å². The number of likely N-dealkylation sites (tertiary alicyclic amines) is 1. The Morgan fingerprint density at radius 3 is 2.70 bits per heavy atom. The smallest absolute Gasteiger partial charge is 0.245 e. The normalized spacial score (nSPS) is 16.8. The number of nitrogens with one attached hydrogen (secondary N) is 2. The number of anilines is 1. The number of methoxy groups -OCH3 is 1. The molecule has 3 rings (SSSR count). The zero-order valence-electron chi connectivity index (χ0n) is 15.4. The largest absolute Gasteiger partial charge is 0.383 e. The maximum atomic E-state index is 13.1. The first-order valence-corrected chi connectivity index (χ1v) is 9.91. The Morgan fingerprint density at radius 1 is 1.33 bits per heavy atom. The van der Waals surface area contributed by atoms with Crippen molar-refractivity contribution in [3.05, 3.63) is 47.2 Å². The van der Waals surface area contributed by atoms with Crippen LogP contribution in [0.25, 0.3) is 0 Å². The van der Waals surface area contributed by atoms with Gasteiger partial charge in [0, 0.05) is 44.9 Å². The van der Waals surface area contributed by atoms with Crippen molar-refractivity contribution in [2.75, 3.05) is 38.7 Å². The third-order valence-corrected chi connectivity index (χ3v) is 5.52. The molecule has 2 heterocycles. The number of rotatable bonds is 8. The summed E-state index contributed by atoms with van der Waals surface area (Å²) in [4.78, 5) is 19.5.